The van der Waals surface area contributed by atoms with Gasteiger partial charge in [0.15, 0.2) is 0 Å². The fraction of sp³-hybridized carbons (Fsp3) is 1.00. The van der Waals surface area contributed by atoms with Gasteiger partial charge in [0, 0.05) is 0 Å². The smallest absolute Gasteiger partial charge is 0.488 e. The first-order valence-electron chi connectivity index (χ1n) is 2.89. The summed E-state index contributed by atoms with van der Waals surface area (Å²) in [5.74, 6) is 0. The minimum absolute atomic E-state index is 0.106. The summed E-state index contributed by atoms with van der Waals surface area (Å²) in [5.41, 5.74) is 0. The fourth-order valence-electron chi connectivity index (χ4n) is 0.381. The maximum atomic E-state index is 10.0. The lowest BCUT2D eigenvalue weighted by Crippen LogP contribution is -1.99. The summed E-state index contributed by atoms with van der Waals surface area (Å²) < 4.78 is 27.9. The van der Waals surface area contributed by atoms with Crippen molar-refractivity contribution in [1.29, 1.82) is 0 Å². The minimum atomic E-state index is -4.44. The number of phosphoric ester groups is 1. The van der Waals surface area contributed by atoms with Crippen molar-refractivity contribution in [3.05, 3.63) is 0 Å². The van der Waals surface area contributed by atoms with Crippen LogP contribution in [0.2, 0.25) is 0 Å². The molecule has 0 rings (SSSR count). The summed E-state index contributed by atoms with van der Waals surface area (Å²) in [6.07, 6.45) is 0.106. The molecule has 0 aromatic rings. The van der Waals surface area contributed by atoms with Crippen LogP contribution in [-0.4, -0.2) is 23.0 Å². The highest BCUT2D eigenvalue weighted by Gasteiger charge is 2.12. The van der Waals surface area contributed by atoms with Crippen molar-refractivity contribution in [1.82, 2.24) is 0 Å². The predicted octanol–water partition coefficient (Wildman–Crippen LogP) is -0.480. The van der Waals surface area contributed by atoms with Gasteiger partial charge in [-0.05, 0) is 11.0 Å². The van der Waals surface area contributed by atoms with E-state index >= 15 is 0 Å². The van der Waals surface area contributed by atoms with Crippen LogP contribution in [0.25, 0.3) is 0 Å². The van der Waals surface area contributed by atoms with E-state index in [0.29, 0.717) is 0 Å². The molecule has 1 atom stereocenters. The van der Waals surface area contributed by atoms with Crippen molar-refractivity contribution in [2.24, 2.45) is 0 Å². The second-order valence-electron chi connectivity index (χ2n) is 1.73. The molecule has 0 radical (unpaired) electrons. The maximum Gasteiger partial charge on any atom is 0.488 e. The van der Waals surface area contributed by atoms with Gasteiger partial charge in [-0.15, -0.1) is 4.52 Å². The van der Waals surface area contributed by atoms with E-state index < -0.39 is 16.1 Å². The van der Waals surface area contributed by atoms with Crippen LogP contribution in [0.1, 0.15) is 6.42 Å². The zero-order chi connectivity index (χ0) is 9.61. The Morgan fingerprint density at radius 1 is 1.42 bits per heavy atom. The number of phosphoric acid groups is 1. The third-order valence-electron chi connectivity index (χ3n) is 0.745. The van der Waals surface area contributed by atoms with Crippen LogP contribution < -0.4 is 4.89 Å². The predicted molar refractivity (Wildman–Crippen MR) is 36.2 cm³/mol. The minimum Gasteiger partial charge on any atom is -0.566 e. The van der Waals surface area contributed by atoms with Gasteiger partial charge in [-0.1, -0.05) is 0 Å². The maximum absolute atomic E-state index is 10.0. The summed E-state index contributed by atoms with van der Waals surface area (Å²) in [5, 5.41) is 0. The molecule has 9 heteroatoms. The first kappa shape index (κ1) is 12.1. The van der Waals surface area contributed by atoms with Gasteiger partial charge in [0.25, 0.3) is 0 Å². The van der Waals surface area contributed by atoms with E-state index in [4.69, 9.17) is 9.79 Å². The Bertz CT molecular complexity index is 185. The number of hydrogen-bond acceptors (Lipinski definition) is 5. The fourth-order valence-corrected chi connectivity index (χ4v) is 1.03. The van der Waals surface area contributed by atoms with E-state index in [9.17, 15) is 14.0 Å². The molecule has 1 unspecified atom stereocenters. The Morgan fingerprint density at radius 2 is 2.00 bits per heavy atom. The highest BCUT2D eigenvalue weighted by molar-refractivity contribution is 7.46. The Balaban J connectivity index is 3.23. The third-order valence-corrected chi connectivity index (χ3v) is 1.66. The second-order valence-corrected chi connectivity index (χ2v) is 3.68. The van der Waals surface area contributed by atoms with Gasteiger partial charge in [0.2, 0.25) is 0 Å². The molecule has 72 valence electrons. The lowest BCUT2D eigenvalue weighted by molar-refractivity contribution is -0.185. The molecule has 0 aliphatic carbocycles. The van der Waals surface area contributed by atoms with E-state index in [1.165, 1.54) is 0 Å². The summed E-state index contributed by atoms with van der Waals surface area (Å²) in [4.78, 5) is 26.1. The zero-order valence-electron chi connectivity index (χ0n) is 5.95. The van der Waals surface area contributed by atoms with E-state index in [0.717, 1.165) is 0 Å². The van der Waals surface area contributed by atoms with Gasteiger partial charge in [-0.25, -0.2) is 4.57 Å². The van der Waals surface area contributed by atoms with Crippen LogP contribution in [0.5, 0.6) is 0 Å². The molecule has 0 aromatic heterocycles. The van der Waals surface area contributed by atoms with Crippen LogP contribution in [0.4, 0.5) is 0 Å². The summed E-state index contributed by atoms with van der Waals surface area (Å²) in [7, 11) is -7.33. The number of hydrogen-bond donors (Lipinski definition) is 2. The molecule has 12 heavy (non-hydrogen) atoms. The van der Waals surface area contributed by atoms with Crippen molar-refractivity contribution in [2.75, 3.05) is 13.2 Å². The Hall–Kier alpha value is 0.130. The normalized spacial score (nSPS) is 13.1. The van der Waals surface area contributed by atoms with Crippen molar-refractivity contribution < 1.29 is 32.9 Å². The van der Waals surface area contributed by atoms with Gasteiger partial charge >= 0.3 is 16.1 Å². The van der Waals surface area contributed by atoms with E-state index in [1.54, 1.807) is 0 Å². The van der Waals surface area contributed by atoms with E-state index in [2.05, 4.69) is 9.05 Å². The largest absolute Gasteiger partial charge is 0.566 e. The molecule has 0 aromatic carbocycles. The lowest BCUT2D eigenvalue weighted by Gasteiger charge is -2.02. The quantitative estimate of drug-likeness (QED) is 0.456. The Labute approximate surface area is 69.5 Å². The standard InChI is InChI=1S/C3H8O7P2/c4-11(5)9-2-1-3-10-12(6,7)8/h1-3H2,(H2,6,7,8). The third kappa shape index (κ3) is 10.1. The second kappa shape index (κ2) is 5.72. The Kier molecular flexibility index (Phi) is 5.78. The molecular weight excluding hydrogens is 210 g/mol. The molecular formula is C3H8O7P2. The molecule has 0 aliphatic rings. The van der Waals surface area contributed by atoms with Gasteiger partial charge in [-0.2, -0.15) is 0 Å². The van der Waals surface area contributed by atoms with Crippen LogP contribution in [0, 0.1) is 0 Å². The monoisotopic (exact) mass is 218 g/mol. The summed E-state index contributed by atoms with van der Waals surface area (Å²) >= 11 is 0. The molecule has 7 nitrogen and oxygen atoms in total. The van der Waals surface area contributed by atoms with Crippen molar-refractivity contribution >= 4 is 16.1 Å². The molecule has 0 amide bonds. The van der Waals surface area contributed by atoms with Crippen LogP contribution in [0.15, 0.2) is 0 Å². The van der Waals surface area contributed by atoms with Gasteiger partial charge < -0.3 is 14.7 Å². The van der Waals surface area contributed by atoms with Gasteiger partial charge in [0.05, 0.1) is 6.61 Å². The van der Waals surface area contributed by atoms with Crippen LogP contribution >= 0.6 is 16.1 Å². The first-order valence-corrected chi connectivity index (χ1v) is 5.52. The molecule has 2 N–H and O–H groups in total. The van der Waals surface area contributed by atoms with Crippen molar-refractivity contribution in [3.8, 4) is 0 Å². The highest BCUT2D eigenvalue weighted by Crippen LogP contribution is 2.35. The highest BCUT2D eigenvalue weighted by atomic mass is 31.2. The SMILES string of the molecule is O=[P+]([O-])OCCCOP(=O)(O)O. The molecule has 0 bridgehead atoms. The van der Waals surface area contributed by atoms with Gasteiger partial charge in [-0.3, -0.25) is 4.52 Å². The topological polar surface area (TPSA) is 116 Å². The van der Waals surface area contributed by atoms with Crippen molar-refractivity contribution in [2.45, 2.75) is 6.42 Å². The van der Waals surface area contributed by atoms with Gasteiger partial charge in [0.1, 0.15) is 6.61 Å². The average Bonchev–Trinajstić information content (AvgIpc) is 1.83. The lowest BCUT2D eigenvalue weighted by atomic mass is 10.5. The van der Waals surface area contributed by atoms with Crippen LogP contribution in [-0.2, 0) is 18.2 Å². The average molecular weight is 218 g/mol. The Morgan fingerprint density at radius 3 is 2.42 bits per heavy atom. The molecule has 0 saturated carbocycles. The van der Waals surface area contributed by atoms with Crippen molar-refractivity contribution in [3.63, 3.8) is 0 Å². The van der Waals surface area contributed by atoms with Crippen LogP contribution in [0.3, 0.4) is 0 Å². The molecule has 0 aliphatic heterocycles. The first-order chi connectivity index (χ1) is 5.42. The van der Waals surface area contributed by atoms with E-state index in [1.807, 2.05) is 0 Å². The van der Waals surface area contributed by atoms with E-state index in [-0.39, 0.29) is 19.6 Å². The zero-order valence-corrected chi connectivity index (χ0v) is 7.74. The molecule has 0 heterocycles. The summed E-state index contributed by atoms with van der Waals surface area (Å²) in [6.45, 7) is -0.383. The summed E-state index contributed by atoms with van der Waals surface area (Å²) in [6, 6.07) is 0. The molecule has 0 spiro atoms. The molecule has 0 saturated heterocycles. The molecule has 0 fully saturated rings. The number of rotatable bonds is 6.